The third-order valence-electron chi connectivity index (χ3n) is 3.98. The summed E-state index contributed by atoms with van der Waals surface area (Å²) in [5.74, 6) is 0.873. The van der Waals surface area contributed by atoms with Gasteiger partial charge in [-0.3, -0.25) is 4.21 Å². The highest BCUT2D eigenvalue weighted by Gasteiger charge is 2.32. The molecule has 0 amide bonds. The van der Waals surface area contributed by atoms with Crippen molar-refractivity contribution in [3.63, 3.8) is 0 Å². The molecule has 0 aromatic carbocycles. The van der Waals surface area contributed by atoms with Crippen molar-refractivity contribution in [2.45, 2.75) is 30.3 Å². The van der Waals surface area contributed by atoms with Gasteiger partial charge >= 0.3 is 0 Å². The maximum atomic E-state index is 12.7. The van der Waals surface area contributed by atoms with E-state index in [4.69, 9.17) is 0 Å². The van der Waals surface area contributed by atoms with Gasteiger partial charge in [0.05, 0.1) is 0 Å². The van der Waals surface area contributed by atoms with Gasteiger partial charge < -0.3 is 9.88 Å². The summed E-state index contributed by atoms with van der Waals surface area (Å²) >= 11 is 0. The Kier molecular flexibility index (Phi) is 4.22. The van der Waals surface area contributed by atoms with Gasteiger partial charge in [0.15, 0.2) is 0 Å². The lowest BCUT2D eigenvalue weighted by atomic mass is 10.4. The fraction of sp³-hybridized carbons (Fsp3) is 0.692. The Bertz CT molecular complexity index is 640. The van der Waals surface area contributed by atoms with E-state index in [-0.39, 0.29) is 0 Å². The van der Waals surface area contributed by atoms with Gasteiger partial charge in [0.25, 0.3) is 0 Å². The van der Waals surface area contributed by atoms with Gasteiger partial charge in [0.1, 0.15) is 4.90 Å². The van der Waals surface area contributed by atoms with Crippen LogP contribution in [0.1, 0.15) is 24.6 Å². The molecule has 1 aliphatic carbocycles. The molecule has 1 saturated carbocycles. The monoisotopic (exact) mass is 331 g/mol. The lowest BCUT2D eigenvalue weighted by Gasteiger charge is -2.24. The van der Waals surface area contributed by atoms with Crippen molar-refractivity contribution in [2.75, 3.05) is 31.6 Å². The first-order valence-electron chi connectivity index (χ1n) is 7.23. The second-order valence-corrected chi connectivity index (χ2v) is 9.22. The summed E-state index contributed by atoms with van der Waals surface area (Å²) in [4.78, 5) is 0.368. The summed E-state index contributed by atoms with van der Waals surface area (Å²) in [6, 6.07) is 2.22. The minimum atomic E-state index is -3.46. The summed E-state index contributed by atoms with van der Waals surface area (Å²) in [6.07, 6.45) is 4.01. The highest BCUT2D eigenvalue weighted by molar-refractivity contribution is 7.89. The Labute approximate surface area is 128 Å². The standard InChI is InChI=1S/C13H21N3O3S2/c1-14-9-12-8-13(10-16(12)11-2-3-11)21(18,19)15-4-6-20(17)7-5-15/h8,10-11,14H,2-7,9H2,1H3. The Balaban J connectivity index is 1.88. The van der Waals surface area contributed by atoms with Crippen LogP contribution < -0.4 is 5.32 Å². The predicted octanol–water partition coefficient (Wildman–Crippen LogP) is 0.295. The second kappa shape index (κ2) is 5.83. The van der Waals surface area contributed by atoms with Crippen molar-refractivity contribution < 1.29 is 12.6 Å². The average Bonchev–Trinajstić information content (AvgIpc) is 3.21. The second-order valence-electron chi connectivity index (χ2n) is 5.59. The first kappa shape index (κ1) is 15.2. The van der Waals surface area contributed by atoms with Gasteiger partial charge in [-0.05, 0) is 26.0 Å². The molecule has 0 atom stereocenters. The average molecular weight is 331 g/mol. The quantitative estimate of drug-likeness (QED) is 0.842. The number of sulfonamides is 1. The number of rotatable bonds is 5. The van der Waals surface area contributed by atoms with Crippen molar-refractivity contribution in [2.24, 2.45) is 0 Å². The van der Waals surface area contributed by atoms with E-state index in [1.807, 2.05) is 7.05 Å². The molecule has 8 heteroatoms. The van der Waals surface area contributed by atoms with Crippen LogP contribution in [0.3, 0.4) is 0 Å². The first-order valence-corrected chi connectivity index (χ1v) is 10.2. The summed E-state index contributed by atoms with van der Waals surface area (Å²) in [6.45, 7) is 1.37. The van der Waals surface area contributed by atoms with Crippen molar-refractivity contribution in [1.29, 1.82) is 0 Å². The number of nitrogens with zero attached hydrogens (tertiary/aromatic N) is 2. The van der Waals surface area contributed by atoms with Crippen LogP contribution in [0.5, 0.6) is 0 Å². The Morgan fingerprint density at radius 3 is 2.57 bits per heavy atom. The molecule has 0 radical (unpaired) electrons. The largest absolute Gasteiger partial charge is 0.346 e. The van der Waals surface area contributed by atoms with E-state index in [1.54, 1.807) is 12.3 Å². The van der Waals surface area contributed by atoms with Crippen LogP contribution in [-0.4, -0.2) is 53.1 Å². The molecule has 1 N–H and O–H groups in total. The molecule has 0 unspecified atom stereocenters. The molecule has 6 nitrogen and oxygen atoms in total. The van der Waals surface area contributed by atoms with Gasteiger partial charge in [0, 0.05) is 59.9 Å². The molecule has 1 aromatic rings. The highest BCUT2D eigenvalue weighted by atomic mass is 32.2. The van der Waals surface area contributed by atoms with Crippen molar-refractivity contribution >= 4 is 20.8 Å². The molecule has 1 saturated heterocycles. The van der Waals surface area contributed by atoms with E-state index in [2.05, 4.69) is 9.88 Å². The van der Waals surface area contributed by atoms with Crippen LogP contribution in [-0.2, 0) is 27.4 Å². The van der Waals surface area contributed by atoms with Crippen molar-refractivity contribution in [3.05, 3.63) is 18.0 Å². The fourth-order valence-corrected chi connectivity index (χ4v) is 5.44. The molecular formula is C13H21N3O3S2. The molecule has 3 rings (SSSR count). The third kappa shape index (κ3) is 3.08. The van der Waals surface area contributed by atoms with E-state index in [9.17, 15) is 12.6 Å². The minimum absolute atomic E-state index is 0.352. The zero-order chi connectivity index (χ0) is 15.0. The predicted molar refractivity (Wildman–Crippen MR) is 82.1 cm³/mol. The topological polar surface area (TPSA) is 71.4 Å². The van der Waals surface area contributed by atoms with E-state index in [1.165, 1.54) is 4.31 Å². The van der Waals surface area contributed by atoms with Gasteiger partial charge in [-0.25, -0.2) is 8.42 Å². The van der Waals surface area contributed by atoms with E-state index in [0.717, 1.165) is 18.5 Å². The van der Waals surface area contributed by atoms with Crippen LogP contribution in [0.4, 0.5) is 0 Å². The zero-order valence-electron chi connectivity index (χ0n) is 12.1. The Morgan fingerprint density at radius 1 is 1.33 bits per heavy atom. The number of nitrogens with one attached hydrogen (secondary N) is 1. The highest BCUT2D eigenvalue weighted by Crippen LogP contribution is 2.37. The number of aromatic nitrogens is 1. The molecule has 21 heavy (non-hydrogen) atoms. The molecular weight excluding hydrogens is 310 g/mol. The van der Waals surface area contributed by atoms with Crippen molar-refractivity contribution in [3.8, 4) is 0 Å². The summed E-state index contributed by atoms with van der Waals surface area (Å²) < 4.78 is 40.3. The van der Waals surface area contributed by atoms with Crippen LogP contribution in [0.2, 0.25) is 0 Å². The zero-order valence-corrected chi connectivity index (χ0v) is 13.8. The maximum absolute atomic E-state index is 12.7. The maximum Gasteiger partial charge on any atom is 0.244 e. The molecule has 1 aliphatic heterocycles. The molecule has 2 fully saturated rings. The van der Waals surface area contributed by atoms with Crippen LogP contribution in [0.15, 0.2) is 17.2 Å². The third-order valence-corrected chi connectivity index (χ3v) is 7.12. The Morgan fingerprint density at radius 2 is 2.00 bits per heavy atom. The molecule has 0 bridgehead atoms. The summed E-state index contributed by atoms with van der Waals surface area (Å²) in [5.41, 5.74) is 1.01. The van der Waals surface area contributed by atoms with Crippen LogP contribution >= 0.6 is 0 Å². The number of hydrogen-bond acceptors (Lipinski definition) is 4. The minimum Gasteiger partial charge on any atom is -0.346 e. The van der Waals surface area contributed by atoms with E-state index in [0.29, 0.717) is 42.1 Å². The van der Waals surface area contributed by atoms with Crippen molar-refractivity contribution in [1.82, 2.24) is 14.2 Å². The lowest BCUT2D eigenvalue weighted by Crippen LogP contribution is -2.41. The SMILES string of the molecule is CNCc1cc(S(=O)(=O)N2CCS(=O)CC2)cn1C1CC1. The van der Waals surface area contributed by atoms with Gasteiger partial charge in [0.2, 0.25) is 10.0 Å². The molecule has 2 aliphatic rings. The van der Waals surface area contributed by atoms with E-state index >= 15 is 0 Å². The molecule has 1 aromatic heterocycles. The lowest BCUT2D eigenvalue weighted by molar-refractivity contribution is 0.438. The summed E-state index contributed by atoms with van der Waals surface area (Å²) in [5, 5.41) is 3.09. The number of hydrogen-bond donors (Lipinski definition) is 1. The summed E-state index contributed by atoms with van der Waals surface area (Å²) in [7, 11) is -2.47. The normalized spacial score (nSPS) is 21.8. The Hall–Kier alpha value is -0.700. The van der Waals surface area contributed by atoms with Crippen LogP contribution in [0.25, 0.3) is 0 Å². The fourth-order valence-electron chi connectivity index (χ4n) is 2.66. The molecule has 0 spiro atoms. The van der Waals surface area contributed by atoms with E-state index < -0.39 is 20.8 Å². The van der Waals surface area contributed by atoms with Gasteiger partial charge in [-0.15, -0.1) is 0 Å². The van der Waals surface area contributed by atoms with Gasteiger partial charge in [-0.2, -0.15) is 4.31 Å². The van der Waals surface area contributed by atoms with Gasteiger partial charge in [-0.1, -0.05) is 0 Å². The molecule has 2 heterocycles. The smallest absolute Gasteiger partial charge is 0.244 e. The first-order chi connectivity index (χ1) is 10.0. The van der Waals surface area contributed by atoms with Crippen LogP contribution in [0, 0.1) is 0 Å². The molecule has 118 valence electrons.